The molecule has 4 aromatic rings. The molecule has 36 heavy (non-hydrogen) atoms. The number of thiazole rings is 1. The lowest BCUT2D eigenvalue weighted by Crippen LogP contribution is -2.27. The Bertz CT molecular complexity index is 1590. The summed E-state index contributed by atoms with van der Waals surface area (Å²) < 4.78 is 37.1. The topological polar surface area (TPSA) is 77.4 Å². The molecule has 0 aliphatic rings. The standard InChI is InChI=1S/C27H29ClN2O4S2/c1-16(2)21-14-22(17(3)12-25(21)34-5)18(4)29-36(32,33)20-10-11-24-26(13-20)35-27(31)30(24)15-19-8-6-7-9-23(19)28/h6-14,16,18,29H,15H2,1-5H3/t18-/m1/s1. The van der Waals surface area contributed by atoms with Gasteiger partial charge in [0, 0.05) is 11.1 Å². The molecule has 190 valence electrons. The van der Waals surface area contributed by atoms with E-state index in [0.717, 1.165) is 39.3 Å². The lowest BCUT2D eigenvalue weighted by atomic mass is 9.94. The van der Waals surface area contributed by atoms with E-state index in [1.54, 1.807) is 29.9 Å². The van der Waals surface area contributed by atoms with Crippen LogP contribution >= 0.6 is 22.9 Å². The molecular weight excluding hydrogens is 516 g/mol. The number of aromatic nitrogens is 1. The Hall–Kier alpha value is -2.65. The summed E-state index contributed by atoms with van der Waals surface area (Å²) in [5.74, 6) is 1.02. The fraction of sp³-hybridized carbons (Fsp3) is 0.296. The van der Waals surface area contributed by atoms with Gasteiger partial charge in [0.25, 0.3) is 0 Å². The molecule has 0 unspecified atom stereocenters. The van der Waals surface area contributed by atoms with Crippen molar-refractivity contribution in [2.75, 3.05) is 7.11 Å². The number of halogens is 1. The van der Waals surface area contributed by atoms with Crippen molar-refractivity contribution in [1.29, 1.82) is 0 Å². The molecule has 0 radical (unpaired) electrons. The number of aryl methyl sites for hydroxylation is 1. The molecule has 3 aromatic carbocycles. The number of nitrogens with zero attached hydrogens (tertiary/aromatic N) is 1. The minimum absolute atomic E-state index is 0.114. The number of fused-ring (bicyclic) bond motifs is 1. The SMILES string of the molecule is COc1cc(C)c([C@@H](C)NS(=O)(=O)c2ccc3c(c2)sc(=O)n3Cc2ccccc2Cl)cc1C(C)C. The first-order chi connectivity index (χ1) is 17.0. The first kappa shape index (κ1) is 26.4. The lowest BCUT2D eigenvalue weighted by Gasteiger charge is -2.21. The second-order valence-corrected chi connectivity index (χ2v) is 12.2. The molecule has 1 atom stereocenters. The molecule has 0 aliphatic carbocycles. The second kappa shape index (κ2) is 10.4. The van der Waals surface area contributed by atoms with E-state index in [0.29, 0.717) is 21.8 Å². The van der Waals surface area contributed by atoms with Crippen molar-refractivity contribution < 1.29 is 13.2 Å². The van der Waals surface area contributed by atoms with E-state index in [9.17, 15) is 13.2 Å². The predicted octanol–water partition coefficient (Wildman–Crippen LogP) is 6.24. The van der Waals surface area contributed by atoms with Gasteiger partial charge in [0.1, 0.15) is 5.75 Å². The van der Waals surface area contributed by atoms with Gasteiger partial charge in [0.15, 0.2) is 0 Å². The highest BCUT2D eigenvalue weighted by atomic mass is 35.5. The number of hydrogen-bond acceptors (Lipinski definition) is 5. The number of rotatable bonds is 8. The van der Waals surface area contributed by atoms with Gasteiger partial charge in [-0.25, -0.2) is 13.1 Å². The molecular formula is C27H29ClN2O4S2. The number of benzene rings is 3. The zero-order valence-electron chi connectivity index (χ0n) is 20.8. The van der Waals surface area contributed by atoms with Crippen LogP contribution < -0.4 is 14.3 Å². The first-order valence-corrected chi connectivity index (χ1v) is 14.3. The van der Waals surface area contributed by atoms with Crippen LogP contribution in [-0.4, -0.2) is 20.1 Å². The van der Waals surface area contributed by atoms with Crippen molar-refractivity contribution in [2.24, 2.45) is 0 Å². The average molecular weight is 545 g/mol. The summed E-state index contributed by atoms with van der Waals surface area (Å²) in [6, 6.07) is 15.6. The predicted molar refractivity (Wildman–Crippen MR) is 147 cm³/mol. The molecule has 0 saturated heterocycles. The van der Waals surface area contributed by atoms with Crippen LogP contribution in [0.1, 0.15) is 55.0 Å². The average Bonchev–Trinajstić information content (AvgIpc) is 3.13. The summed E-state index contributed by atoms with van der Waals surface area (Å²) in [4.78, 5) is 12.7. The molecule has 1 aromatic heterocycles. The van der Waals surface area contributed by atoms with E-state index >= 15 is 0 Å². The molecule has 1 heterocycles. The van der Waals surface area contributed by atoms with Crippen LogP contribution in [0, 0.1) is 6.92 Å². The van der Waals surface area contributed by atoms with E-state index in [2.05, 4.69) is 18.6 Å². The maximum absolute atomic E-state index is 13.3. The fourth-order valence-electron chi connectivity index (χ4n) is 4.34. The van der Waals surface area contributed by atoms with E-state index in [-0.39, 0.29) is 15.7 Å². The van der Waals surface area contributed by atoms with Gasteiger partial charge in [-0.3, -0.25) is 9.36 Å². The Balaban J connectivity index is 1.65. The summed E-state index contributed by atoms with van der Waals surface area (Å²) in [6.07, 6.45) is 0. The van der Waals surface area contributed by atoms with Gasteiger partial charge in [0.05, 0.1) is 28.8 Å². The zero-order valence-corrected chi connectivity index (χ0v) is 23.2. The molecule has 1 N–H and O–H groups in total. The second-order valence-electron chi connectivity index (χ2n) is 9.12. The third-order valence-electron chi connectivity index (χ3n) is 6.28. The van der Waals surface area contributed by atoms with Gasteiger partial charge in [-0.05, 0) is 78.4 Å². The van der Waals surface area contributed by atoms with Crippen molar-refractivity contribution in [3.05, 3.63) is 91.5 Å². The number of ether oxygens (including phenoxy) is 1. The molecule has 0 saturated carbocycles. The molecule has 0 amide bonds. The normalized spacial score (nSPS) is 12.9. The third kappa shape index (κ3) is 5.22. The van der Waals surface area contributed by atoms with E-state index in [1.807, 2.05) is 44.2 Å². The highest BCUT2D eigenvalue weighted by molar-refractivity contribution is 7.89. The number of hydrogen-bond donors (Lipinski definition) is 1. The number of sulfonamides is 1. The van der Waals surface area contributed by atoms with E-state index < -0.39 is 16.1 Å². The summed E-state index contributed by atoms with van der Waals surface area (Å²) >= 11 is 7.30. The Morgan fingerprint density at radius 2 is 1.78 bits per heavy atom. The van der Waals surface area contributed by atoms with Crippen LogP contribution in [0.3, 0.4) is 0 Å². The zero-order chi connectivity index (χ0) is 26.2. The van der Waals surface area contributed by atoms with Crippen LogP contribution in [-0.2, 0) is 16.6 Å². The van der Waals surface area contributed by atoms with Crippen LogP contribution in [0.5, 0.6) is 5.75 Å². The minimum Gasteiger partial charge on any atom is -0.496 e. The summed E-state index contributed by atoms with van der Waals surface area (Å²) in [6.45, 7) is 8.23. The van der Waals surface area contributed by atoms with Gasteiger partial charge in [-0.15, -0.1) is 0 Å². The van der Waals surface area contributed by atoms with Gasteiger partial charge < -0.3 is 4.74 Å². The summed E-state index contributed by atoms with van der Waals surface area (Å²) in [5.41, 5.74) is 4.35. The lowest BCUT2D eigenvalue weighted by molar-refractivity contribution is 0.406. The Morgan fingerprint density at radius 3 is 2.44 bits per heavy atom. The Morgan fingerprint density at radius 1 is 1.06 bits per heavy atom. The smallest absolute Gasteiger partial charge is 0.308 e. The van der Waals surface area contributed by atoms with Crippen molar-refractivity contribution >= 4 is 43.2 Å². The molecule has 6 nitrogen and oxygen atoms in total. The maximum Gasteiger partial charge on any atom is 0.308 e. The largest absolute Gasteiger partial charge is 0.496 e. The molecule has 9 heteroatoms. The molecule has 0 spiro atoms. The summed E-state index contributed by atoms with van der Waals surface area (Å²) in [5, 5.41) is 0.579. The third-order valence-corrected chi connectivity index (χ3v) is 9.12. The monoisotopic (exact) mass is 544 g/mol. The quantitative estimate of drug-likeness (QED) is 0.284. The maximum atomic E-state index is 13.3. The minimum atomic E-state index is -3.84. The van der Waals surface area contributed by atoms with Gasteiger partial charge in [0.2, 0.25) is 10.0 Å². The fourth-order valence-corrected chi connectivity index (χ4v) is 6.78. The van der Waals surface area contributed by atoms with Crippen molar-refractivity contribution in [3.63, 3.8) is 0 Å². The number of nitrogens with one attached hydrogen (secondary N) is 1. The van der Waals surface area contributed by atoms with E-state index in [1.165, 1.54) is 6.07 Å². The van der Waals surface area contributed by atoms with Crippen LogP contribution in [0.25, 0.3) is 10.2 Å². The van der Waals surface area contributed by atoms with Gasteiger partial charge in [-0.1, -0.05) is 55.0 Å². The van der Waals surface area contributed by atoms with Gasteiger partial charge in [-0.2, -0.15) is 0 Å². The van der Waals surface area contributed by atoms with Crippen LogP contribution in [0.2, 0.25) is 5.02 Å². The highest BCUT2D eigenvalue weighted by Crippen LogP contribution is 2.33. The number of methoxy groups -OCH3 is 1. The highest BCUT2D eigenvalue weighted by Gasteiger charge is 2.23. The molecule has 0 fully saturated rings. The van der Waals surface area contributed by atoms with Crippen LogP contribution in [0.4, 0.5) is 0 Å². The first-order valence-electron chi connectivity index (χ1n) is 11.6. The van der Waals surface area contributed by atoms with Crippen molar-refractivity contribution in [2.45, 2.75) is 51.1 Å². The molecule has 0 bridgehead atoms. The molecule has 0 aliphatic heterocycles. The van der Waals surface area contributed by atoms with Crippen molar-refractivity contribution in [1.82, 2.24) is 9.29 Å². The van der Waals surface area contributed by atoms with Crippen molar-refractivity contribution in [3.8, 4) is 5.75 Å². The van der Waals surface area contributed by atoms with Crippen LogP contribution in [0.15, 0.2) is 64.3 Å². The Kier molecular flexibility index (Phi) is 7.61. The van der Waals surface area contributed by atoms with E-state index in [4.69, 9.17) is 16.3 Å². The molecule has 4 rings (SSSR count). The van der Waals surface area contributed by atoms with Gasteiger partial charge >= 0.3 is 4.87 Å². The Labute approximate surface area is 220 Å². The summed E-state index contributed by atoms with van der Waals surface area (Å²) in [7, 11) is -2.20.